The van der Waals surface area contributed by atoms with Crippen LogP contribution in [0.15, 0.2) is 36.7 Å². The Morgan fingerprint density at radius 2 is 1.61 bits per heavy atom. The summed E-state index contributed by atoms with van der Waals surface area (Å²) in [6, 6.07) is 8.20. The molecule has 152 valence electrons. The quantitative estimate of drug-likeness (QED) is 0.337. The van der Waals surface area contributed by atoms with E-state index in [4.69, 9.17) is 4.74 Å². The van der Waals surface area contributed by atoms with Crippen molar-refractivity contribution in [2.75, 3.05) is 0 Å². The van der Waals surface area contributed by atoms with Crippen molar-refractivity contribution < 1.29 is 9.53 Å². The minimum Gasteiger partial charge on any atom is -0.462 e. The fourth-order valence-corrected chi connectivity index (χ4v) is 3.16. The summed E-state index contributed by atoms with van der Waals surface area (Å²) < 4.78 is 5.47. The highest BCUT2D eigenvalue weighted by Gasteiger charge is 2.10. The van der Waals surface area contributed by atoms with Crippen molar-refractivity contribution in [3.8, 4) is 11.4 Å². The van der Waals surface area contributed by atoms with E-state index in [1.807, 2.05) is 31.5 Å². The molecule has 1 aromatic heterocycles. The molecule has 2 rings (SSSR count). The predicted octanol–water partition coefficient (Wildman–Crippen LogP) is 5.93. The second-order valence-electron chi connectivity index (χ2n) is 7.53. The fraction of sp³-hybridized carbons (Fsp3) is 0.542. The number of rotatable bonds is 12. The molecule has 0 saturated heterocycles. The number of ether oxygens (including phenoxy) is 1. The highest BCUT2D eigenvalue weighted by atomic mass is 16.5. The molecule has 0 aliphatic heterocycles. The molecule has 1 aromatic carbocycles. The van der Waals surface area contributed by atoms with Crippen LogP contribution < -0.4 is 0 Å². The maximum atomic E-state index is 11.7. The van der Waals surface area contributed by atoms with Gasteiger partial charge in [0.25, 0.3) is 0 Å². The van der Waals surface area contributed by atoms with Gasteiger partial charge in [-0.25, -0.2) is 9.97 Å². The highest BCUT2D eigenvalue weighted by molar-refractivity contribution is 5.69. The van der Waals surface area contributed by atoms with E-state index < -0.39 is 0 Å². The first-order valence-corrected chi connectivity index (χ1v) is 10.7. The first-order chi connectivity index (χ1) is 13.6. The second kappa shape index (κ2) is 12.3. The Hall–Kier alpha value is -2.23. The number of esters is 1. The van der Waals surface area contributed by atoms with Gasteiger partial charge in [-0.05, 0) is 37.3 Å². The maximum Gasteiger partial charge on any atom is 0.306 e. The van der Waals surface area contributed by atoms with Gasteiger partial charge in [0.2, 0.25) is 0 Å². The van der Waals surface area contributed by atoms with Crippen molar-refractivity contribution in [3.05, 3.63) is 47.8 Å². The first kappa shape index (κ1) is 22.1. The van der Waals surface area contributed by atoms with Gasteiger partial charge in [0.05, 0.1) is 0 Å². The van der Waals surface area contributed by atoms with Crippen molar-refractivity contribution >= 4 is 5.97 Å². The lowest BCUT2D eigenvalue weighted by Crippen LogP contribution is -2.17. The van der Waals surface area contributed by atoms with E-state index >= 15 is 0 Å². The summed E-state index contributed by atoms with van der Waals surface area (Å²) in [6.07, 6.45) is 13.0. The van der Waals surface area contributed by atoms with Crippen molar-refractivity contribution in [1.82, 2.24) is 9.97 Å². The summed E-state index contributed by atoms with van der Waals surface area (Å²) in [5.74, 6) is 0.650. The smallest absolute Gasteiger partial charge is 0.306 e. The molecule has 1 atom stereocenters. The molecule has 1 unspecified atom stereocenters. The molecule has 0 radical (unpaired) electrons. The molecule has 0 spiro atoms. The minimum atomic E-state index is -0.113. The molecule has 0 saturated carbocycles. The Kier molecular flexibility index (Phi) is 9.67. The Morgan fingerprint density at radius 1 is 0.929 bits per heavy atom. The van der Waals surface area contributed by atoms with Crippen LogP contribution in [0.2, 0.25) is 0 Å². The normalized spacial score (nSPS) is 12.0. The zero-order valence-corrected chi connectivity index (χ0v) is 17.6. The Balaban J connectivity index is 1.85. The number of hydrogen-bond acceptors (Lipinski definition) is 4. The summed E-state index contributed by atoms with van der Waals surface area (Å²) in [7, 11) is 0. The van der Waals surface area contributed by atoms with Crippen molar-refractivity contribution in [1.29, 1.82) is 0 Å². The van der Waals surface area contributed by atoms with Crippen molar-refractivity contribution in [2.45, 2.75) is 84.7 Å². The molecular weight excluding hydrogens is 348 g/mol. The SMILES string of the molecule is CCCCCCc1cnc(-c2ccc(CC(C)OC(=O)CCCC)cc2)nc1. The Labute approximate surface area is 169 Å². The van der Waals surface area contributed by atoms with Crippen LogP contribution in [0.25, 0.3) is 11.4 Å². The summed E-state index contributed by atoms with van der Waals surface area (Å²) in [4.78, 5) is 20.8. The summed E-state index contributed by atoms with van der Waals surface area (Å²) >= 11 is 0. The molecule has 4 heteroatoms. The molecule has 0 aliphatic carbocycles. The van der Waals surface area contributed by atoms with E-state index in [-0.39, 0.29) is 12.1 Å². The number of hydrogen-bond donors (Lipinski definition) is 0. The molecule has 1 heterocycles. The van der Waals surface area contributed by atoms with Gasteiger partial charge in [-0.3, -0.25) is 4.79 Å². The number of carbonyl (C=O) groups excluding carboxylic acids is 1. The topological polar surface area (TPSA) is 52.1 Å². The largest absolute Gasteiger partial charge is 0.462 e. The van der Waals surface area contributed by atoms with E-state index in [9.17, 15) is 4.79 Å². The van der Waals surface area contributed by atoms with Crippen molar-refractivity contribution in [2.24, 2.45) is 0 Å². The van der Waals surface area contributed by atoms with Crippen LogP contribution in [0.1, 0.15) is 76.8 Å². The van der Waals surface area contributed by atoms with E-state index in [1.165, 1.54) is 31.2 Å². The molecule has 28 heavy (non-hydrogen) atoms. The first-order valence-electron chi connectivity index (χ1n) is 10.7. The third kappa shape index (κ3) is 7.79. The van der Waals surface area contributed by atoms with Crippen LogP contribution >= 0.6 is 0 Å². The van der Waals surface area contributed by atoms with Gasteiger partial charge in [0.15, 0.2) is 5.82 Å². The maximum absolute atomic E-state index is 11.7. The molecule has 4 nitrogen and oxygen atoms in total. The molecule has 0 fully saturated rings. The van der Waals surface area contributed by atoms with Crippen LogP contribution in [-0.2, 0) is 22.4 Å². The average Bonchev–Trinajstić information content (AvgIpc) is 2.71. The van der Waals surface area contributed by atoms with E-state index in [0.717, 1.165) is 42.6 Å². The summed E-state index contributed by atoms with van der Waals surface area (Å²) in [6.45, 7) is 6.24. The van der Waals surface area contributed by atoms with Crippen LogP contribution in [-0.4, -0.2) is 22.0 Å². The zero-order chi connectivity index (χ0) is 20.2. The third-order valence-electron chi connectivity index (χ3n) is 4.83. The fourth-order valence-electron chi connectivity index (χ4n) is 3.16. The molecule has 2 aromatic rings. The van der Waals surface area contributed by atoms with Crippen LogP contribution in [0.4, 0.5) is 0 Å². The molecule has 0 amide bonds. The van der Waals surface area contributed by atoms with Gasteiger partial charge >= 0.3 is 5.97 Å². The molecule has 0 bridgehead atoms. The van der Waals surface area contributed by atoms with Gasteiger partial charge in [-0.15, -0.1) is 0 Å². The van der Waals surface area contributed by atoms with Crippen LogP contribution in [0, 0.1) is 0 Å². The number of benzene rings is 1. The monoisotopic (exact) mass is 382 g/mol. The zero-order valence-electron chi connectivity index (χ0n) is 17.6. The van der Waals surface area contributed by atoms with Gasteiger partial charge in [0.1, 0.15) is 6.10 Å². The number of nitrogens with zero attached hydrogens (tertiary/aromatic N) is 2. The van der Waals surface area contributed by atoms with E-state index in [2.05, 4.69) is 35.9 Å². The second-order valence-corrected chi connectivity index (χ2v) is 7.53. The molecule has 0 aliphatic rings. The van der Waals surface area contributed by atoms with Gasteiger partial charge in [-0.1, -0.05) is 63.8 Å². The van der Waals surface area contributed by atoms with Gasteiger partial charge in [0, 0.05) is 30.8 Å². The Bertz CT molecular complexity index is 696. The van der Waals surface area contributed by atoms with Crippen LogP contribution in [0.5, 0.6) is 0 Å². The Morgan fingerprint density at radius 3 is 2.25 bits per heavy atom. The number of aromatic nitrogens is 2. The van der Waals surface area contributed by atoms with Gasteiger partial charge in [-0.2, -0.15) is 0 Å². The molecular formula is C24H34N2O2. The summed E-state index contributed by atoms with van der Waals surface area (Å²) in [5, 5.41) is 0. The predicted molar refractivity (Wildman–Crippen MR) is 114 cm³/mol. The lowest BCUT2D eigenvalue weighted by Gasteiger charge is -2.13. The molecule has 0 N–H and O–H groups in total. The van der Waals surface area contributed by atoms with E-state index in [1.54, 1.807) is 0 Å². The number of aryl methyl sites for hydroxylation is 1. The lowest BCUT2D eigenvalue weighted by atomic mass is 10.1. The van der Waals surface area contributed by atoms with E-state index in [0.29, 0.717) is 6.42 Å². The van der Waals surface area contributed by atoms with Gasteiger partial charge < -0.3 is 4.74 Å². The third-order valence-corrected chi connectivity index (χ3v) is 4.83. The standard InChI is InChI=1S/C24H34N2O2/c1-4-6-8-9-10-21-17-25-24(26-18-21)22-14-12-20(13-15-22)16-19(3)28-23(27)11-7-5-2/h12-15,17-19H,4-11,16H2,1-3H3. The minimum absolute atomic E-state index is 0.103. The summed E-state index contributed by atoms with van der Waals surface area (Å²) in [5.41, 5.74) is 3.36. The lowest BCUT2D eigenvalue weighted by molar-refractivity contribution is -0.148. The number of unbranched alkanes of at least 4 members (excludes halogenated alkanes) is 4. The van der Waals surface area contributed by atoms with Crippen LogP contribution in [0.3, 0.4) is 0 Å². The average molecular weight is 383 g/mol. The van der Waals surface area contributed by atoms with Crippen molar-refractivity contribution in [3.63, 3.8) is 0 Å². The number of carbonyl (C=O) groups is 1. The highest BCUT2D eigenvalue weighted by Crippen LogP contribution is 2.17.